The molecule has 1 aliphatic heterocycles. The lowest BCUT2D eigenvalue weighted by Crippen LogP contribution is -2.47. The Hall–Kier alpha value is -1.56. The monoisotopic (exact) mass is 380 g/mol. The molecule has 124 valence electrons. The number of hydrogen-bond donors (Lipinski definition) is 2. The number of nitrogens with zero attached hydrogens (tertiary/aromatic N) is 1. The summed E-state index contributed by atoms with van der Waals surface area (Å²) in [7, 11) is 0. The van der Waals surface area contributed by atoms with Crippen LogP contribution >= 0.6 is 15.9 Å². The molecule has 23 heavy (non-hydrogen) atoms. The third-order valence-corrected chi connectivity index (χ3v) is 5.49. The molecule has 0 unspecified atom stereocenters. The van der Waals surface area contributed by atoms with Crippen molar-refractivity contribution in [2.45, 2.75) is 31.1 Å². The average Bonchev–Trinajstić information content (AvgIpc) is 3.34. The fourth-order valence-electron chi connectivity index (χ4n) is 3.22. The first-order valence-corrected chi connectivity index (χ1v) is 8.81. The summed E-state index contributed by atoms with van der Waals surface area (Å²) in [5, 5.41) is 12.0. The Labute approximate surface area is 144 Å². The predicted octanol–water partition coefficient (Wildman–Crippen LogP) is 2.99. The second-order valence-electron chi connectivity index (χ2n) is 6.55. The van der Waals surface area contributed by atoms with Gasteiger partial charge in [0.2, 0.25) is 0 Å². The largest absolute Gasteiger partial charge is 0.481 e. The van der Waals surface area contributed by atoms with Crippen LogP contribution in [0.2, 0.25) is 0 Å². The summed E-state index contributed by atoms with van der Waals surface area (Å²) in [4.78, 5) is 25.0. The van der Waals surface area contributed by atoms with Gasteiger partial charge in [0, 0.05) is 29.5 Å². The van der Waals surface area contributed by atoms with Gasteiger partial charge in [0.05, 0.1) is 5.92 Å². The van der Waals surface area contributed by atoms with Crippen LogP contribution in [-0.4, -0.2) is 41.6 Å². The molecule has 1 heterocycles. The Balaban J connectivity index is 1.53. The quantitative estimate of drug-likeness (QED) is 0.843. The Kier molecular flexibility index (Phi) is 4.62. The molecular formula is C17H21BrN2O3. The summed E-state index contributed by atoms with van der Waals surface area (Å²) in [5.74, 6) is -1.06. The first kappa shape index (κ1) is 16.3. The first-order valence-electron chi connectivity index (χ1n) is 8.02. The highest BCUT2D eigenvalue weighted by Gasteiger charge is 2.44. The van der Waals surface area contributed by atoms with Gasteiger partial charge in [-0.1, -0.05) is 28.1 Å². The van der Waals surface area contributed by atoms with Crippen molar-refractivity contribution in [3.8, 4) is 0 Å². The van der Waals surface area contributed by atoms with Crippen molar-refractivity contribution in [1.82, 2.24) is 10.2 Å². The van der Waals surface area contributed by atoms with Gasteiger partial charge in [0.15, 0.2) is 0 Å². The van der Waals surface area contributed by atoms with Crippen LogP contribution in [0.5, 0.6) is 0 Å². The number of likely N-dealkylation sites (tertiary alicyclic amines) is 1. The van der Waals surface area contributed by atoms with Crippen molar-refractivity contribution in [3.05, 3.63) is 34.3 Å². The molecule has 1 aromatic carbocycles. The van der Waals surface area contributed by atoms with Gasteiger partial charge in [-0.25, -0.2) is 4.79 Å². The van der Waals surface area contributed by atoms with Gasteiger partial charge in [0.1, 0.15) is 0 Å². The van der Waals surface area contributed by atoms with E-state index < -0.39 is 5.97 Å². The number of aliphatic carboxylic acids is 1. The summed E-state index contributed by atoms with van der Waals surface area (Å²) < 4.78 is 1.06. The Morgan fingerprint density at radius 3 is 2.57 bits per heavy atom. The van der Waals surface area contributed by atoms with E-state index in [1.807, 2.05) is 12.1 Å². The zero-order valence-corrected chi connectivity index (χ0v) is 14.5. The number of rotatable bonds is 4. The molecule has 5 nitrogen and oxygen atoms in total. The highest BCUT2D eigenvalue weighted by atomic mass is 79.9. The molecule has 2 N–H and O–H groups in total. The molecule has 0 radical (unpaired) electrons. The molecule has 1 aliphatic carbocycles. The molecule has 2 fully saturated rings. The molecule has 0 aromatic heterocycles. The maximum Gasteiger partial charge on any atom is 0.317 e. The second-order valence-corrected chi connectivity index (χ2v) is 7.46. The van der Waals surface area contributed by atoms with Crippen molar-refractivity contribution >= 4 is 27.9 Å². The van der Waals surface area contributed by atoms with Crippen molar-refractivity contribution in [1.29, 1.82) is 0 Å². The van der Waals surface area contributed by atoms with Gasteiger partial charge in [0.25, 0.3) is 0 Å². The number of halogens is 1. The van der Waals surface area contributed by atoms with E-state index in [2.05, 4.69) is 33.4 Å². The number of carboxylic acids is 1. The van der Waals surface area contributed by atoms with Gasteiger partial charge in [-0.15, -0.1) is 0 Å². The van der Waals surface area contributed by atoms with Crippen molar-refractivity contribution in [2.75, 3.05) is 19.6 Å². The number of amides is 2. The van der Waals surface area contributed by atoms with Crippen LogP contribution in [0, 0.1) is 5.92 Å². The number of benzene rings is 1. The highest BCUT2D eigenvalue weighted by molar-refractivity contribution is 9.10. The molecule has 1 saturated carbocycles. The Morgan fingerprint density at radius 1 is 1.30 bits per heavy atom. The number of urea groups is 1. The van der Waals surface area contributed by atoms with Gasteiger partial charge in [-0.2, -0.15) is 0 Å². The van der Waals surface area contributed by atoms with Crippen LogP contribution in [-0.2, 0) is 10.2 Å². The van der Waals surface area contributed by atoms with Crippen molar-refractivity contribution in [2.24, 2.45) is 5.92 Å². The van der Waals surface area contributed by atoms with Gasteiger partial charge in [-0.05, 0) is 43.4 Å². The fourth-order valence-corrected chi connectivity index (χ4v) is 3.62. The molecule has 2 aliphatic rings. The van der Waals surface area contributed by atoms with Gasteiger partial charge >= 0.3 is 12.0 Å². The normalized spacial score (nSPS) is 20.1. The SMILES string of the molecule is O=C(O)C1CCN(C(=O)NCC2(c3cccc(Br)c3)CC2)CC1. The summed E-state index contributed by atoms with van der Waals surface area (Å²) >= 11 is 3.50. The molecule has 1 aromatic rings. The first-order chi connectivity index (χ1) is 11.0. The lowest BCUT2D eigenvalue weighted by Gasteiger charge is -2.30. The Morgan fingerprint density at radius 2 is 2.00 bits per heavy atom. The minimum Gasteiger partial charge on any atom is -0.481 e. The summed E-state index contributed by atoms with van der Waals surface area (Å²) in [6.07, 6.45) is 3.26. The van der Waals surface area contributed by atoms with E-state index >= 15 is 0 Å². The van der Waals surface area contributed by atoms with Crippen LogP contribution in [0.4, 0.5) is 4.79 Å². The lowest BCUT2D eigenvalue weighted by molar-refractivity contribution is -0.143. The molecule has 2 amide bonds. The zero-order valence-electron chi connectivity index (χ0n) is 12.9. The van der Waals surface area contributed by atoms with Gasteiger partial charge < -0.3 is 15.3 Å². The molecule has 0 atom stereocenters. The van der Waals surface area contributed by atoms with Crippen LogP contribution in [0.3, 0.4) is 0 Å². The Bertz CT molecular complexity index is 608. The molecule has 0 bridgehead atoms. The van der Waals surface area contributed by atoms with E-state index in [0.29, 0.717) is 32.5 Å². The third-order valence-electron chi connectivity index (χ3n) is 5.00. The minimum absolute atomic E-state index is 0.0683. The van der Waals surface area contributed by atoms with Crippen molar-refractivity contribution < 1.29 is 14.7 Å². The molecule has 1 saturated heterocycles. The van der Waals surface area contributed by atoms with Crippen LogP contribution in [0.15, 0.2) is 28.7 Å². The van der Waals surface area contributed by atoms with E-state index in [0.717, 1.165) is 17.3 Å². The zero-order chi connectivity index (χ0) is 16.4. The predicted molar refractivity (Wildman–Crippen MR) is 90.4 cm³/mol. The molecule has 3 rings (SSSR count). The number of piperidine rings is 1. The number of carboxylic acid groups (broad SMARTS) is 1. The van der Waals surface area contributed by atoms with Gasteiger partial charge in [-0.3, -0.25) is 4.79 Å². The number of carbonyl (C=O) groups is 2. The molecule has 0 spiro atoms. The molecule has 6 heteroatoms. The summed E-state index contributed by atoms with van der Waals surface area (Å²) in [5.41, 5.74) is 1.33. The topological polar surface area (TPSA) is 69.6 Å². The van der Waals surface area contributed by atoms with E-state index in [4.69, 9.17) is 5.11 Å². The maximum absolute atomic E-state index is 12.3. The highest BCUT2D eigenvalue weighted by Crippen LogP contribution is 2.48. The number of nitrogens with one attached hydrogen (secondary N) is 1. The second kappa shape index (κ2) is 6.51. The minimum atomic E-state index is -0.753. The maximum atomic E-state index is 12.3. The van der Waals surface area contributed by atoms with E-state index in [-0.39, 0.29) is 17.4 Å². The van der Waals surface area contributed by atoms with Crippen LogP contribution < -0.4 is 5.32 Å². The summed E-state index contributed by atoms with van der Waals surface area (Å²) in [6.45, 7) is 1.68. The van der Waals surface area contributed by atoms with Crippen LogP contribution in [0.25, 0.3) is 0 Å². The number of hydrogen-bond acceptors (Lipinski definition) is 2. The van der Waals surface area contributed by atoms with Crippen molar-refractivity contribution in [3.63, 3.8) is 0 Å². The standard InChI is InChI=1S/C17H21BrN2O3/c18-14-3-1-2-13(10-14)17(6-7-17)11-19-16(23)20-8-4-12(5-9-20)15(21)22/h1-3,10,12H,4-9,11H2,(H,19,23)(H,21,22). The smallest absolute Gasteiger partial charge is 0.317 e. The van der Waals surface area contributed by atoms with E-state index in [1.54, 1.807) is 4.90 Å². The molecular weight excluding hydrogens is 360 g/mol. The lowest BCUT2D eigenvalue weighted by atomic mass is 9.96. The summed E-state index contributed by atoms with van der Waals surface area (Å²) in [6, 6.07) is 8.19. The van der Waals surface area contributed by atoms with E-state index in [9.17, 15) is 9.59 Å². The average molecular weight is 381 g/mol. The fraction of sp³-hybridized carbons (Fsp3) is 0.529. The van der Waals surface area contributed by atoms with Crippen LogP contribution in [0.1, 0.15) is 31.2 Å². The third kappa shape index (κ3) is 3.68. The number of carbonyl (C=O) groups excluding carboxylic acids is 1. The van der Waals surface area contributed by atoms with E-state index in [1.165, 1.54) is 5.56 Å².